The van der Waals surface area contributed by atoms with Gasteiger partial charge in [0.15, 0.2) is 14.2 Å². The maximum Gasteiger partial charge on any atom is 0.233 e. The Hall–Kier alpha value is -1.32. The summed E-state index contributed by atoms with van der Waals surface area (Å²) in [7, 11) is -3.03. The van der Waals surface area contributed by atoms with Gasteiger partial charge in [-0.1, -0.05) is 31.0 Å². The van der Waals surface area contributed by atoms with Gasteiger partial charge in [0.2, 0.25) is 5.91 Å². The average molecular weight is 469 g/mol. The van der Waals surface area contributed by atoms with Crippen LogP contribution in [0.4, 0.5) is 0 Å². The lowest BCUT2D eigenvalue weighted by Crippen LogP contribution is -2.49. The van der Waals surface area contributed by atoms with E-state index in [-0.39, 0.29) is 29.5 Å². The van der Waals surface area contributed by atoms with E-state index in [1.807, 2.05) is 30.0 Å². The fraction of sp³-hybridized carbons (Fsp3) is 0.619. The number of ether oxygens (including phenoxy) is 1. The summed E-state index contributed by atoms with van der Waals surface area (Å²) >= 11 is 3.01. The lowest BCUT2D eigenvalue weighted by atomic mass is 9.93. The van der Waals surface area contributed by atoms with Crippen LogP contribution in [0.2, 0.25) is 0 Å². The number of fused-ring (bicyclic) bond motifs is 1. The summed E-state index contributed by atoms with van der Waals surface area (Å²) in [6, 6.07) is 5.85. The predicted octanol–water partition coefficient (Wildman–Crippen LogP) is 4.14. The van der Waals surface area contributed by atoms with Crippen LogP contribution in [0.3, 0.4) is 0 Å². The molecule has 1 aromatic heterocycles. The van der Waals surface area contributed by atoms with Crippen molar-refractivity contribution in [3.05, 3.63) is 18.2 Å². The monoisotopic (exact) mass is 468 g/mol. The third-order valence-corrected chi connectivity index (χ3v) is 9.72. The fourth-order valence-corrected chi connectivity index (χ4v) is 8.14. The average Bonchev–Trinajstić information content (AvgIpc) is 3.29. The van der Waals surface area contributed by atoms with Crippen LogP contribution in [0.1, 0.15) is 45.4 Å². The summed E-state index contributed by atoms with van der Waals surface area (Å²) in [4.78, 5) is 19.8. The molecule has 2 aromatic rings. The van der Waals surface area contributed by atoms with Crippen molar-refractivity contribution in [3.63, 3.8) is 0 Å². The highest BCUT2D eigenvalue weighted by molar-refractivity contribution is 8.01. The van der Waals surface area contributed by atoms with E-state index in [0.29, 0.717) is 18.8 Å². The first-order valence-corrected chi connectivity index (χ1v) is 14.3. The number of carbonyl (C=O) groups excluding carboxylic acids is 1. The van der Waals surface area contributed by atoms with E-state index in [2.05, 4.69) is 4.98 Å². The molecule has 1 saturated carbocycles. The van der Waals surface area contributed by atoms with Crippen molar-refractivity contribution in [2.75, 3.05) is 23.9 Å². The molecule has 0 radical (unpaired) electrons. The van der Waals surface area contributed by atoms with Crippen LogP contribution in [0.5, 0.6) is 5.75 Å². The second kappa shape index (κ2) is 9.44. The molecule has 164 valence electrons. The van der Waals surface area contributed by atoms with Gasteiger partial charge in [0.1, 0.15) is 5.75 Å². The smallest absolute Gasteiger partial charge is 0.233 e. The fourth-order valence-electron chi connectivity index (χ4n) is 4.46. The van der Waals surface area contributed by atoms with Crippen LogP contribution < -0.4 is 4.74 Å². The van der Waals surface area contributed by atoms with E-state index in [9.17, 15) is 13.2 Å². The maximum atomic E-state index is 13.2. The molecule has 30 heavy (non-hydrogen) atoms. The van der Waals surface area contributed by atoms with Gasteiger partial charge in [-0.15, -0.1) is 11.3 Å². The Balaban J connectivity index is 1.46. The standard InChI is InChI=1S/C21H28N2O4S3/c1-2-27-17-8-9-18-19(12-17)29-21(22-18)28-13-20(24)23(15-6-4-3-5-7-15)16-10-11-30(25,26)14-16/h8-9,12,15-16H,2-7,10-11,13-14H2,1H3. The summed E-state index contributed by atoms with van der Waals surface area (Å²) in [6.45, 7) is 2.58. The largest absolute Gasteiger partial charge is 0.494 e. The van der Waals surface area contributed by atoms with Crippen molar-refractivity contribution in [3.8, 4) is 5.75 Å². The minimum atomic E-state index is -3.03. The Morgan fingerprint density at radius 1 is 1.23 bits per heavy atom. The second-order valence-corrected chi connectivity index (χ2v) is 12.5. The molecule has 1 unspecified atom stereocenters. The summed E-state index contributed by atoms with van der Waals surface area (Å²) in [5, 5.41) is 0. The summed E-state index contributed by atoms with van der Waals surface area (Å²) in [5.41, 5.74) is 0.907. The number of sulfone groups is 1. The molecule has 2 fully saturated rings. The number of nitrogens with zero attached hydrogens (tertiary/aromatic N) is 2. The first-order chi connectivity index (χ1) is 14.4. The summed E-state index contributed by atoms with van der Waals surface area (Å²) < 4.78 is 31.5. The minimum Gasteiger partial charge on any atom is -0.494 e. The third kappa shape index (κ3) is 5.11. The molecule has 1 aromatic carbocycles. The van der Waals surface area contributed by atoms with Gasteiger partial charge in [0, 0.05) is 12.1 Å². The zero-order valence-electron chi connectivity index (χ0n) is 17.2. The van der Waals surface area contributed by atoms with Crippen LogP contribution in [0.15, 0.2) is 22.5 Å². The normalized spacial score (nSPS) is 21.7. The van der Waals surface area contributed by atoms with Gasteiger partial charge in [-0.25, -0.2) is 13.4 Å². The van der Waals surface area contributed by atoms with Crippen LogP contribution in [-0.4, -0.2) is 60.2 Å². The number of carbonyl (C=O) groups is 1. The van der Waals surface area contributed by atoms with E-state index in [1.54, 1.807) is 11.3 Å². The first kappa shape index (κ1) is 21.9. The first-order valence-electron chi connectivity index (χ1n) is 10.6. The van der Waals surface area contributed by atoms with Crippen molar-refractivity contribution >= 4 is 49.1 Å². The van der Waals surface area contributed by atoms with Gasteiger partial charge in [-0.3, -0.25) is 4.79 Å². The van der Waals surface area contributed by atoms with Crippen molar-refractivity contribution in [2.45, 2.75) is 61.9 Å². The summed E-state index contributed by atoms with van der Waals surface area (Å²) in [6.07, 6.45) is 5.95. The van der Waals surface area contributed by atoms with E-state index in [0.717, 1.165) is 46.0 Å². The Morgan fingerprint density at radius 3 is 2.73 bits per heavy atom. The third-order valence-electron chi connectivity index (χ3n) is 5.83. The Morgan fingerprint density at radius 2 is 2.03 bits per heavy atom. The number of thiazole rings is 1. The zero-order chi connectivity index (χ0) is 21.1. The van der Waals surface area contributed by atoms with Crippen LogP contribution in [0, 0.1) is 0 Å². The second-order valence-electron chi connectivity index (χ2n) is 7.98. The molecule has 1 atom stereocenters. The molecule has 2 heterocycles. The minimum absolute atomic E-state index is 0.0447. The molecule has 4 rings (SSSR count). The number of benzene rings is 1. The van der Waals surface area contributed by atoms with Gasteiger partial charge >= 0.3 is 0 Å². The van der Waals surface area contributed by atoms with E-state index < -0.39 is 9.84 Å². The number of thioether (sulfide) groups is 1. The highest BCUT2D eigenvalue weighted by Gasteiger charge is 2.38. The molecule has 6 nitrogen and oxygen atoms in total. The molecule has 1 amide bonds. The Kier molecular flexibility index (Phi) is 6.89. The quantitative estimate of drug-likeness (QED) is 0.569. The van der Waals surface area contributed by atoms with Crippen molar-refractivity contribution in [2.24, 2.45) is 0 Å². The molecule has 9 heteroatoms. The molecule has 0 N–H and O–H groups in total. The number of hydrogen-bond acceptors (Lipinski definition) is 7. The van der Waals surface area contributed by atoms with Gasteiger partial charge in [0.05, 0.1) is 34.1 Å². The topological polar surface area (TPSA) is 76.6 Å². The van der Waals surface area contributed by atoms with Gasteiger partial charge in [0.25, 0.3) is 0 Å². The zero-order valence-corrected chi connectivity index (χ0v) is 19.7. The molecule has 0 spiro atoms. The van der Waals surface area contributed by atoms with E-state index in [1.165, 1.54) is 18.2 Å². The molecule has 2 aliphatic rings. The van der Waals surface area contributed by atoms with Gasteiger partial charge in [-0.2, -0.15) is 0 Å². The number of hydrogen-bond donors (Lipinski definition) is 0. The van der Waals surface area contributed by atoms with Crippen molar-refractivity contribution in [1.82, 2.24) is 9.88 Å². The lowest BCUT2D eigenvalue weighted by Gasteiger charge is -2.38. The molecule has 1 aliphatic carbocycles. The number of aromatic nitrogens is 1. The van der Waals surface area contributed by atoms with E-state index in [4.69, 9.17) is 4.74 Å². The highest BCUT2D eigenvalue weighted by Crippen LogP contribution is 2.33. The van der Waals surface area contributed by atoms with Crippen molar-refractivity contribution < 1.29 is 17.9 Å². The maximum absolute atomic E-state index is 13.2. The number of rotatable bonds is 7. The number of amides is 1. The van der Waals surface area contributed by atoms with Crippen LogP contribution in [0.25, 0.3) is 10.2 Å². The van der Waals surface area contributed by atoms with Crippen LogP contribution in [-0.2, 0) is 14.6 Å². The summed E-state index contributed by atoms with van der Waals surface area (Å²) in [5.74, 6) is 1.48. The van der Waals surface area contributed by atoms with Crippen LogP contribution >= 0.6 is 23.1 Å². The van der Waals surface area contributed by atoms with Crippen molar-refractivity contribution in [1.29, 1.82) is 0 Å². The Labute approximate surface area is 186 Å². The van der Waals surface area contributed by atoms with Gasteiger partial charge in [-0.05, 0) is 44.4 Å². The molecular weight excluding hydrogens is 440 g/mol. The Bertz CT molecular complexity index is 999. The molecule has 1 aliphatic heterocycles. The SMILES string of the molecule is CCOc1ccc2nc(SCC(=O)N(C3CCCCC3)C3CCS(=O)(=O)C3)sc2c1. The van der Waals surface area contributed by atoms with E-state index >= 15 is 0 Å². The highest BCUT2D eigenvalue weighted by atomic mass is 32.2. The van der Waals surface area contributed by atoms with Gasteiger partial charge < -0.3 is 9.64 Å². The predicted molar refractivity (Wildman–Crippen MR) is 122 cm³/mol. The molecule has 0 bridgehead atoms. The lowest BCUT2D eigenvalue weighted by molar-refractivity contribution is -0.133. The molecular formula is C21H28N2O4S3. The molecule has 1 saturated heterocycles.